The van der Waals surface area contributed by atoms with Gasteiger partial charge in [0.15, 0.2) is 14.1 Å². The number of benzene rings is 2. The van der Waals surface area contributed by atoms with Crippen LogP contribution in [0.25, 0.3) is 0 Å². The maximum atomic E-state index is 11.3. The topological polar surface area (TPSA) is 57.2 Å². The SMILES string of the molecule is CC(C)(C)[Si](C)(C)O[C@H]1CC[C@](C)(C2CC[C@@]3(C)C(CCC34OCCO4)[C@@H]2CO)[C@@H](CCO[Si](c2ccccc2)(c2ccccc2)C(C)(C)C)C1. The molecule has 6 rings (SSSR count). The lowest BCUT2D eigenvalue weighted by atomic mass is 9.49. The van der Waals surface area contributed by atoms with Crippen LogP contribution in [0.1, 0.15) is 107 Å². The molecular formula is C44H70O5Si2. The number of hydrogen-bond acceptors (Lipinski definition) is 5. The highest BCUT2D eigenvalue weighted by atomic mass is 28.4. The molecule has 4 fully saturated rings. The third-order valence-electron chi connectivity index (χ3n) is 15.2. The molecule has 2 aromatic carbocycles. The molecule has 7 heteroatoms. The van der Waals surface area contributed by atoms with Gasteiger partial charge in [0, 0.05) is 31.2 Å². The monoisotopic (exact) mass is 734 g/mol. The first-order valence-electron chi connectivity index (χ1n) is 20.3. The standard InChI is InChI=1S/C44H70O5Si2/c1-40(2,3)50(9,10)49-34-21-25-42(7,38-22-26-43(8)39(37(38)32-45)23-27-44(43)46-29-30-47-44)33(31-34)24-28-48-51(41(4,5)6,35-17-13-11-14-18-35)36-19-15-12-16-20-36/h11-20,33-34,37-39,45H,21-32H2,1-10H3/t33-,34-,37+,38?,39?,42-,43-/m0/s1. The summed E-state index contributed by atoms with van der Waals surface area (Å²) in [4.78, 5) is 0. The first-order valence-corrected chi connectivity index (χ1v) is 25.1. The highest BCUT2D eigenvalue weighted by Gasteiger charge is 2.66. The lowest BCUT2D eigenvalue weighted by Gasteiger charge is -2.58. The molecule has 4 aliphatic rings. The minimum atomic E-state index is -2.66. The van der Waals surface area contributed by atoms with E-state index in [-0.39, 0.29) is 39.5 Å². The lowest BCUT2D eigenvalue weighted by Crippen LogP contribution is -2.66. The molecule has 0 amide bonds. The Bertz CT molecular complexity index is 1410. The van der Waals surface area contributed by atoms with Gasteiger partial charge in [-0.2, -0.15) is 0 Å². The molecule has 0 aromatic heterocycles. The maximum absolute atomic E-state index is 11.3. The zero-order valence-corrected chi connectivity index (χ0v) is 35.7. The predicted octanol–water partition coefficient (Wildman–Crippen LogP) is 9.33. The summed E-state index contributed by atoms with van der Waals surface area (Å²) < 4.78 is 27.7. The van der Waals surface area contributed by atoms with Crippen molar-refractivity contribution in [1.82, 2.24) is 0 Å². The Morgan fingerprint density at radius 2 is 1.33 bits per heavy atom. The number of aliphatic hydroxyl groups excluding tert-OH is 1. The van der Waals surface area contributed by atoms with Gasteiger partial charge < -0.3 is 23.4 Å². The minimum Gasteiger partial charge on any atom is -0.414 e. The van der Waals surface area contributed by atoms with Gasteiger partial charge in [0.25, 0.3) is 8.32 Å². The van der Waals surface area contributed by atoms with E-state index in [1.54, 1.807) is 0 Å². The zero-order valence-electron chi connectivity index (χ0n) is 33.7. The van der Waals surface area contributed by atoms with Crippen molar-refractivity contribution in [3.8, 4) is 0 Å². The number of ether oxygens (including phenoxy) is 2. The quantitative estimate of drug-likeness (QED) is 0.247. The molecule has 2 unspecified atom stereocenters. The van der Waals surface area contributed by atoms with Gasteiger partial charge in [-0.3, -0.25) is 0 Å². The van der Waals surface area contributed by atoms with Crippen LogP contribution >= 0.6 is 0 Å². The molecule has 51 heavy (non-hydrogen) atoms. The smallest absolute Gasteiger partial charge is 0.261 e. The summed E-state index contributed by atoms with van der Waals surface area (Å²) in [7, 11) is -4.60. The molecule has 0 radical (unpaired) electrons. The fourth-order valence-electron chi connectivity index (χ4n) is 11.4. The molecule has 1 heterocycles. The van der Waals surface area contributed by atoms with E-state index in [1.165, 1.54) is 10.4 Å². The van der Waals surface area contributed by atoms with E-state index < -0.39 is 22.4 Å². The summed E-state index contributed by atoms with van der Waals surface area (Å²) in [5, 5.41) is 14.1. The summed E-state index contributed by atoms with van der Waals surface area (Å²) in [5.41, 5.74) is 0.0399. The molecule has 1 N–H and O–H groups in total. The van der Waals surface area contributed by atoms with Crippen LogP contribution in [-0.2, 0) is 18.3 Å². The van der Waals surface area contributed by atoms with E-state index >= 15 is 0 Å². The molecule has 7 atom stereocenters. The van der Waals surface area contributed by atoms with Gasteiger partial charge in [0.1, 0.15) is 0 Å². The number of fused-ring (bicyclic) bond motifs is 2. The van der Waals surface area contributed by atoms with E-state index in [4.69, 9.17) is 18.3 Å². The second-order valence-electron chi connectivity index (χ2n) is 19.8. The second-order valence-corrected chi connectivity index (χ2v) is 28.8. The molecule has 284 valence electrons. The van der Waals surface area contributed by atoms with Crippen molar-refractivity contribution in [2.75, 3.05) is 26.4 Å². The molecule has 1 saturated heterocycles. The summed E-state index contributed by atoms with van der Waals surface area (Å²) >= 11 is 0. The van der Waals surface area contributed by atoms with Crippen molar-refractivity contribution in [3.05, 3.63) is 60.7 Å². The Labute approximate surface area is 312 Å². The van der Waals surface area contributed by atoms with Crippen molar-refractivity contribution in [1.29, 1.82) is 0 Å². The zero-order chi connectivity index (χ0) is 36.9. The van der Waals surface area contributed by atoms with Crippen LogP contribution < -0.4 is 10.4 Å². The van der Waals surface area contributed by atoms with Crippen LogP contribution in [0.2, 0.25) is 23.2 Å². The summed E-state index contributed by atoms with van der Waals surface area (Å²) in [6, 6.07) is 22.2. The highest BCUT2D eigenvalue weighted by molar-refractivity contribution is 6.99. The van der Waals surface area contributed by atoms with Gasteiger partial charge in [0.2, 0.25) is 0 Å². The highest BCUT2D eigenvalue weighted by Crippen LogP contribution is 2.67. The summed E-state index contributed by atoms with van der Waals surface area (Å²) in [6.07, 6.45) is 8.82. The van der Waals surface area contributed by atoms with E-state index in [1.807, 2.05) is 0 Å². The van der Waals surface area contributed by atoms with E-state index in [2.05, 4.69) is 129 Å². The van der Waals surface area contributed by atoms with Gasteiger partial charge in [-0.05, 0) is 108 Å². The Morgan fingerprint density at radius 3 is 1.86 bits per heavy atom. The van der Waals surface area contributed by atoms with E-state index in [9.17, 15) is 5.11 Å². The second kappa shape index (κ2) is 14.4. The lowest BCUT2D eigenvalue weighted by molar-refractivity contribution is -0.245. The molecule has 1 spiro atoms. The molecule has 2 aromatic rings. The molecule has 1 aliphatic heterocycles. The Hall–Kier alpha value is -1.33. The predicted molar refractivity (Wildman–Crippen MR) is 214 cm³/mol. The molecule has 5 nitrogen and oxygen atoms in total. The molecule has 0 bridgehead atoms. The Morgan fingerprint density at radius 1 is 0.765 bits per heavy atom. The van der Waals surface area contributed by atoms with Gasteiger partial charge in [-0.1, -0.05) is 116 Å². The number of aliphatic hydroxyl groups is 1. The van der Waals surface area contributed by atoms with Crippen LogP contribution in [0.5, 0.6) is 0 Å². The van der Waals surface area contributed by atoms with Crippen LogP contribution in [0.4, 0.5) is 0 Å². The third-order valence-corrected chi connectivity index (χ3v) is 24.8. The largest absolute Gasteiger partial charge is 0.414 e. The minimum absolute atomic E-state index is 0.0473. The van der Waals surface area contributed by atoms with Crippen LogP contribution in [0, 0.1) is 34.5 Å². The summed E-state index contributed by atoms with van der Waals surface area (Å²) in [6.45, 7) is 26.4. The van der Waals surface area contributed by atoms with E-state index in [0.29, 0.717) is 31.0 Å². The van der Waals surface area contributed by atoms with Gasteiger partial charge >= 0.3 is 0 Å². The van der Waals surface area contributed by atoms with Crippen molar-refractivity contribution < 1.29 is 23.4 Å². The Balaban J connectivity index is 1.32. The average Bonchev–Trinajstić information content (AvgIpc) is 3.68. The van der Waals surface area contributed by atoms with Gasteiger partial charge in [-0.25, -0.2) is 0 Å². The summed E-state index contributed by atoms with van der Waals surface area (Å²) in [5.74, 6) is 1.08. The molecule has 3 saturated carbocycles. The van der Waals surface area contributed by atoms with Crippen LogP contribution in [0.15, 0.2) is 60.7 Å². The van der Waals surface area contributed by atoms with Gasteiger partial charge in [0.05, 0.1) is 13.2 Å². The fourth-order valence-corrected chi connectivity index (χ4v) is 17.4. The Kier molecular flexibility index (Phi) is 11.1. The van der Waals surface area contributed by atoms with Crippen LogP contribution in [-0.4, -0.2) is 60.1 Å². The normalized spacial score (nSPS) is 33.0. The number of rotatable bonds is 10. The molecular weight excluding hydrogens is 665 g/mol. The van der Waals surface area contributed by atoms with Crippen LogP contribution in [0.3, 0.4) is 0 Å². The fraction of sp³-hybridized carbons (Fsp3) is 0.727. The van der Waals surface area contributed by atoms with Crippen molar-refractivity contribution in [2.45, 2.75) is 142 Å². The van der Waals surface area contributed by atoms with Crippen molar-refractivity contribution in [2.24, 2.45) is 34.5 Å². The first-order chi connectivity index (χ1) is 23.9. The third kappa shape index (κ3) is 6.82. The first kappa shape index (κ1) is 39.4. The van der Waals surface area contributed by atoms with Crippen molar-refractivity contribution in [3.63, 3.8) is 0 Å². The van der Waals surface area contributed by atoms with Crippen molar-refractivity contribution >= 4 is 27.0 Å². The van der Waals surface area contributed by atoms with Gasteiger partial charge in [-0.15, -0.1) is 0 Å². The number of hydrogen-bond donors (Lipinski definition) is 1. The maximum Gasteiger partial charge on any atom is 0.261 e. The van der Waals surface area contributed by atoms with E-state index in [0.717, 1.165) is 58.0 Å². The molecule has 3 aliphatic carbocycles. The average molecular weight is 735 g/mol.